The van der Waals surface area contributed by atoms with E-state index in [0.29, 0.717) is 25.3 Å². The third-order valence-electron chi connectivity index (χ3n) is 5.38. The number of rotatable bonds is 6. The van der Waals surface area contributed by atoms with Crippen molar-refractivity contribution in [2.24, 2.45) is 5.92 Å². The molecule has 4 rings (SSSR count). The Morgan fingerprint density at radius 1 is 1.31 bits per heavy atom. The lowest BCUT2D eigenvalue weighted by molar-refractivity contribution is -0.180. The lowest BCUT2D eigenvalue weighted by atomic mass is 10.0. The first-order valence-corrected chi connectivity index (χ1v) is 10.3. The van der Waals surface area contributed by atoms with Crippen LogP contribution in [0.4, 0.5) is 23.6 Å². The van der Waals surface area contributed by atoms with Gasteiger partial charge in [0.05, 0.1) is 17.0 Å². The average molecular weight is 478 g/mol. The predicted octanol–water partition coefficient (Wildman–Crippen LogP) is 2.85. The number of carbonyl (C=O) groups excluding carboxylic acids is 1. The highest BCUT2D eigenvalue weighted by Crippen LogP contribution is 2.36. The summed E-state index contributed by atoms with van der Waals surface area (Å²) in [5, 5.41) is 13.8. The summed E-state index contributed by atoms with van der Waals surface area (Å²) < 4.78 is 62.1. The third-order valence-corrected chi connectivity index (χ3v) is 5.69. The maximum atomic E-state index is 13.4. The number of piperidine rings is 1. The van der Waals surface area contributed by atoms with Gasteiger partial charge < -0.3 is 24.7 Å². The lowest BCUT2D eigenvalue weighted by Gasteiger charge is -2.38. The summed E-state index contributed by atoms with van der Waals surface area (Å²) in [6.07, 6.45) is -3.02. The molecule has 0 aliphatic carbocycles. The summed E-state index contributed by atoms with van der Waals surface area (Å²) in [7, 11) is 0. The number of hydrogen-bond acceptors (Lipinski definition) is 7. The second-order valence-corrected chi connectivity index (χ2v) is 8.14. The molecule has 2 atom stereocenters. The van der Waals surface area contributed by atoms with Gasteiger partial charge in [-0.2, -0.15) is 13.2 Å². The molecule has 2 fully saturated rings. The van der Waals surface area contributed by atoms with Gasteiger partial charge in [0, 0.05) is 31.7 Å². The number of alkyl halides is 3. The Hall–Kier alpha value is -2.60. The van der Waals surface area contributed by atoms with E-state index in [1.54, 1.807) is 0 Å². The second-order valence-electron chi connectivity index (χ2n) is 7.73. The molecule has 32 heavy (non-hydrogen) atoms. The monoisotopic (exact) mass is 477 g/mol. The predicted molar refractivity (Wildman–Crippen MR) is 105 cm³/mol. The summed E-state index contributed by atoms with van der Waals surface area (Å²) in [6.45, 7) is -0.226. The van der Waals surface area contributed by atoms with Crippen LogP contribution in [-0.2, 0) is 4.79 Å². The topological polar surface area (TPSA) is 92.5 Å². The molecule has 1 amide bonds. The minimum absolute atomic E-state index is 0.0339. The summed E-state index contributed by atoms with van der Waals surface area (Å²) in [5.41, 5.74) is 0. The standard InChI is InChI=1S/C19H20ClF4N5O3/c20-13-3-2-12(5-14(13)21)31-9-16(30)26-11-1-4-15(25-6-11)17-27-28-18(32-17)29-7-10(8-29)19(22,23)24/h2-3,5,10-11,15,25H,1,4,6-9H2,(H,26,30)/t11-,15+/m0/s1. The fourth-order valence-electron chi connectivity index (χ4n) is 3.51. The van der Waals surface area contributed by atoms with Crippen molar-refractivity contribution in [2.45, 2.75) is 31.1 Å². The van der Waals surface area contributed by atoms with Crippen LogP contribution in [0.1, 0.15) is 24.8 Å². The molecule has 0 unspecified atom stereocenters. The molecule has 2 aromatic rings. The minimum Gasteiger partial charge on any atom is -0.484 e. The summed E-state index contributed by atoms with van der Waals surface area (Å²) >= 11 is 5.60. The van der Waals surface area contributed by atoms with Crippen molar-refractivity contribution < 1.29 is 31.5 Å². The third kappa shape index (κ3) is 5.23. The number of nitrogens with one attached hydrogen (secondary N) is 2. The number of aromatic nitrogens is 2. The number of amides is 1. The Balaban J connectivity index is 1.19. The van der Waals surface area contributed by atoms with Gasteiger partial charge in [-0.15, -0.1) is 5.10 Å². The quantitative estimate of drug-likeness (QED) is 0.618. The van der Waals surface area contributed by atoms with E-state index in [1.807, 2.05) is 0 Å². The van der Waals surface area contributed by atoms with Crippen molar-refractivity contribution in [3.8, 4) is 5.75 Å². The van der Waals surface area contributed by atoms with Gasteiger partial charge in [-0.05, 0) is 25.0 Å². The maximum Gasteiger partial charge on any atom is 0.395 e. The number of ether oxygens (including phenoxy) is 1. The van der Waals surface area contributed by atoms with Gasteiger partial charge in [-0.3, -0.25) is 4.79 Å². The van der Waals surface area contributed by atoms with Crippen molar-refractivity contribution in [3.05, 3.63) is 34.9 Å². The Labute approximate surface area is 185 Å². The second kappa shape index (κ2) is 9.10. The number of hydrogen-bond donors (Lipinski definition) is 2. The van der Waals surface area contributed by atoms with Crippen LogP contribution in [0.5, 0.6) is 5.75 Å². The minimum atomic E-state index is -4.22. The molecule has 2 saturated heterocycles. The molecule has 13 heteroatoms. The normalized spacial score (nSPS) is 21.8. The molecule has 0 saturated carbocycles. The highest BCUT2D eigenvalue weighted by molar-refractivity contribution is 6.30. The van der Waals surface area contributed by atoms with Crippen LogP contribution in [-0.4, -0.2) is 54.6 Å². The fraction of sp³-hybridized carbons (Fsp3) is 0.526. The fourth-order valence-corrected chi connectivity index (χ4v) is 3.63. The zero-order valence-corrected chi connectivity index (χ0v) is 17.4. The SMILES string of the molecule is O=C(COc1ccc(Cl)c(F)c1)N[C@H]1CC[C@H](c2nnc(N3CC(C(F)(F)F)C3)o2)NC1. The Morgan fingerprint density at radius 3 is 2.75 bits per heavy atom. The molecule has 3 heterocycles. The average Bonchev–Trinajstić information content (AvgIpc) is 3.17. The zero-order chi connectivity index (χ0) is 22.9. The molecule has 1 aromatic heterocycles. The van der Waals surface area contributed by atoms with Crippen LogP contribution in [0.3, 0.4) is 0 Å². The first-order valence-electron chi connectivity index (χ1n) is 9.94. The van der Waals surface area contributed by atoms with E-state index in [2.05, 4.69) is 20.8 Å². The molecule has 174 valence electrons. The van der Waals surface area contributed by atoms with Gasteiger partial charge in [0.25, 0.3) is 5.91 Å². The van der Waals surface area contributed by atoms with Crippen LogP contribution < -0.4 is 20.3 Å². The van der Waals surface area contributed by atoms with Crippen molar-refractivity contribution in [1.82, 2.24) is 20.8 Å². The maximum absolute atomic E-state index is 13.4. The number of nitrogens with zero attached hydrogens (tertiary/aromatic N) is 3. The highest BCUT2D eigenvalue weighted by Gasteiger charge is 2.48. The first kappa shape index (κ1) is 22.6. The molecule has 2 aliphatic rings. The van der Waals surface area contributed by atoms with Gasteiger partial charge in [0.1, 0.15) is 11.6 Å². The number of carbonyl (C=O) groups is 1. The Kier molecular flexibility index (Phi) is 6.42. The van der Waals surface area contributed by atoms with Crippen LogP contribution in [0.15, 0.2) is 22.6 Å². The van der Waals surface area contributed by atoms with Gasteiger partial charge >= 0.3 is 12.2 Å². The van der Waals surface area contributed by atoms with Gasteiger partial charge in [0.2, 0.25) is 5.89 Å². The summed E-state index contributed by atoms with van der Waals surface area (Å²) in [5.74, 6) is -1.88. The molecule has 1 aromatic carbocycles. The Morgan fingerprint density at radius 2 is 2.09 bits per heavy atom. The zero-order valence-electron chi connectivity index (χ0n) is 16.7. The number of halogens is 5. The lowest BCUT2D eigenvalue weighted by Crippen LogP contribution is -2.53. The van der Waals surface area contributed by atoms with E-state index < -0.39 is 17.9 Å². The van der Waals surface area contributed by atoms with Crippen LogP contribution in [0.2, 0.25) is 5.02 Å². The molecule has 2 aliphatic heterocycles. The van der Waals surface area contributed by atoms with E-state index in [9.17, 15) is 22.4 Å². The van der Waals surface area contributed by atoms with Crippen molar-refractivity contribution in [3.63, 3.8) is 0 Å². The highest BCUT2D eigenvalue weighted by atomic mass is 35.5. The van der Waals surface area contributed by atoms with E-state index in [4.69, 9.17) is 20.8 Å². The Bertz CT molecular complexity index is 959. The molecule has 0 spiro atoms. The van der Waals surface area contributed by atoms with Crippen LogP contribution in [0, 0.1) is 11.7 Å². The largest absolute Gasteiger partial charge is 0.484 e. The van der Waals surface area contributed by atoms with Crippen molar-refractivity contribution in [2.75, 3.05) is 31.1 Å². The van der Waals surface area contributed by atoms with Gasteiger partial charge in [-0.25, -0.2) is 4.39 Å². The van der Waals surface area contributed by atoms with Crippen molar-refractivity contribution >= 4 is 23.5 Å². The summed E-state index contributed by atoms with van der Waals surface area (Å²) in [4.78, 5) is 13.5. The van der Waals surface area contributed by atoms with Crippen LogP contribution in [0.25, 0.3) is 0 Å². The smallest absolute Gasteiger partial charge is 0.395 e. The molecular formula is C19H20ClF4N5O3. The van der Waals surface area contributed by atoms with E-state index in [1.165, 1.54) is 17.0 Å². The first-order chi connectivity index (χ1) is 15.2. The van der Waals surface area contributed by atoms with E-state index >= 15 is 0 Å². The van der Waals surface area contributed by atoms with Crippen LogP contribution >= 0.6 is 11.6 Å². The number of anilines is 1. The number of benzene rings is 1. The summed E-state index contributed by atoms with van der Waals surface area (Å²) in [6, 6.07) is 3.58. The van der Waals surface area contributed by atoms with E-state index in [0.717, 1.165) is 6.07 Å². The molecule has 8 nitrogen and oxygen atoms in total. The molecule has 0 radical (unpaired) electrons. The molecule has 2 N–H and O–H groups in total. The van der Waals surface area contributed by atoms with Gasteiger partial charge in [0.15, 0.2) is 6.61 Å². The van der Waals surface area contributed by atoms with E-state index in [-0.39, 0.29) is 54.5 Å². The molecular weight excluding hydrogens is 458 g/mol. The molecule has 0 bridgehead atoms. The van der Waals surface area contributed by atoms with Gasteiger partial charge in [-0.1, -0.05) is 16.7 Å². The van der Waals surface area contributed by atoms with Crippen molar-refractivity contribution in [1.29, 1.82) is 0 Å².